The van der Waals surface area contributed by atoms with Crippen LogP contribution in [0.2, 0.25) is 0 Å². The van der Waals surface area contributed by atoms with E-state index in [1.54, 1.807) is 6.20 Å². The highest BCUT2D eigenvalue weighted by Crippen LogP contribution is 2.05. The number of nitrogens with one attached hydrogen (secondary N) is 1. The Labute approximate surface area is 109 Å². The normalized spacial score (nSPS) is 10.1. The second-order valence-electron chi connectivity index (χ2n) is 4.11. The van der Waals surface area contributed by atoms with Crippen molar-refractivity contribution in [1.29, 1.82) is 0 Å². The molecule has 1 aromatic rings. The third-order valence-electron chi connectivity index (χ3n) is 2.58. The molecule has 0 aliphatic heterocycles. The van der Waals surface area contributed by atoms with E-state index in [4.69, 9.17) is 4.74 Å². The lowest BCUT2D eigenvalue weighted by atomic mass is 10.1. The van der Waals surface area contributed by atoms with Gasteiger partial charge in [0.1, 0.15) is 5.82 Å². The molecule has 1 rings (SSSR count). The maximum absolute atomic E-state index is 11.1. The van der Waals surface area contributed by atoms with Crippen molar-refractivity contribution in [3.05, 3.63) is 24.4 Å². The topological polar surface area (TPSA) is 51.2 Å². The summed E-state index contributed by atoms with van der Waals surface area (Å²) in [6.07, 6.45) is 6.53. The molecule has 0 amide bonds. The molecule has 0 saturated carbocycles. The van der Waals surface area contributed by atoms with E-state index >= 15 is 0 Å². The van der Waals surface area contributed by atoms with E-state index < -0.39 is 0 Å². The van der Waals surface area contributed by atoms with Gasteiger partial charge in [0, 0.05) is 19.2 Å². The smallest absolute Gasteiger partial charge is 0.305 e. The van der Waals surface area contributed by atoms with Gasteiger partial charge < -0.3 is 10.1 Å². The van der Waals surface area contributed by atoms with Gasteiger partial charge in [0.2, 0.25) is 0 Å². The van der Waals surface area contributed by atoms with Crippen LogP contribution in [0.3, 0.4) is 0 Å². The lowest BCUT2D eigenvalue weighted by molar-refractivity contribution is -0.143. The fourth-order valence-electron chi connectivity index (χ4n) is 1.66. The summed E-state index contributed by atoms with van der Waals surface area (Å²) < 4.78 is 4.87. The van der Waals surface area contributed by atoms with Gasteiger partial charge >= 0.3 is 5.97 Å². The zero-order chi connectivity index (χ0) is 13.1. The third kappa shape index (κ3) is 6.89. The number of carbonyl (C=O) groups is 1. The van der Waals surface area contributed by atoms with Crippen molar-refractivity contribution in [2.75, 3.05) is 18.5 Å². The Kier molecular flexibility index (Phi) is 7.60. The molecule has 0 bridgehead atoms. The number of carbonyl (C=O) groups excluding carboxylic acids is 1. The quantitative estimate of drug-likeness (QED) is 0.540. The van der Waals surface area contributed by atoms with Crippen molar-refractivity contribution in [3.8, 4) is 0 Å². The predicted molar refractivity (Wildman–Crippen MR) is 72.4 cm³/mol. The average Bonchev–Trinajstić information content (AvgIpc) is 2.39. The molecule has 0 aliphatic carbocycles. The van der Waals surface area contributed by atoms with Crippen LogP contribution >= 0.6 is 0 Å². The molecular weight excluding hydrogens is 228 g/mol. The fourth-order valence-corrected chi connectivity index (χ4v) is 1.66. The average molecular weight is 250 g/mol. The Balaban J connectivity index is 1.92. The SMILES string of the molecule is CCOC(=O)CCCCCCNc1ccccn1. The summed E-state index contributed by atoms with van der Waals surface area (Å²) in [4.78, 5) is 15.3. The number of nitrogens with zero attached hydrogens (tertiary/aromatic N) is 1. The number of hydrogen-bond donors (Lipinski definition) is 1. The van der Waals surface area contributed by atoms with E-state index in [1.165, 1.54) is 0 Å². The zero-order valence-electron chi connectivity index (χ0n) is 11.0. The Morgan fingerprint density at radius 3 is 2.83 bits per heavy atom. The molecule has 0 fully saturated rings. The van der Waals surface area contributed by atoms with Gasteiger partial charge in [0.15, 0.2) is 0 Å². The number of ether oxygens (including phenoxy) is 1. The summed E-state index contributed by atoms with van der Waals surface area (Å²) in [6.45, 7) is 3.24. The number of unbranched alkanes of at least 4 members (excludes halogenated alkanes) is 3. The first-order valence-corrected chi connectivity index (χ1v) is 6.63. The zero-order valence-corrected chi connectivity index (χ0v) is 11.0. The van der Waals surface area contributed by atoms with Gasteiger partial charge in [-0.1, -0.05) is 18.9 Å². The number of rotatable bonds is 9. The van der Waals surface area contributed by atoms with Crippen LogP contribution in [-0.2, 0) is 9.53 Å². The lowest BCUT2D eigenvalue weighted by Gasteiger charge is -2.05. The monoisotopic (exact) mass is 250 g/mol. The largest absolute Gasteiger partial charge is 0.466 e. The predicted octanol–water partition coefficient (Wildman–Crippen LogP) is 3.01. The summed E-state index contributed by atoms with van der Waals surface area (Å²) >= 11 is 0. The Hall–Kier alpha value is -1.58. The molecule has 0 aliphatic rings. The van der Waals surface area contributed by atoms with Gasteiger partial charge in [0.25, 0.3) is 0 Å². The number of hydrogen-bond acceptors (Lipinski definition) is 4. The second-order valence-corrected chi connectivity index (χ2v) is 4.11. The number of anilines is 1. The van der Waals surface area contributed by atoms with E-state index in [9.17, 15) is 4.79 Å². The molecule has 1 aromatic heterocycles. The molecular formula is C14H22N2O2. The van der Waals surface area contributed by atoms with Crippen LogP contribution in [0.25, 0.3) is 0 Å². The highest BCUT2D eigenvalue weighted by molar-refractivity contribution is 5.69. The Morgan fingerprint density at radius 2 is 2.11 bits per heavy atom. The molecule has 0 radical (unpaired) electrons. The van der Waals surface area contributed by atoms with Crippen LogP contribution in [0.4, 0.5) is 5.82 Å². The van der Waals surface area contributed by atoms with Crippen molar-refractivity contribution < 1.29 is 9.53 Å². The first kappa shape index (κ1) is 14.5. The second kappa shape index (κ2) is 9.45. The van der Waals surface area contributed by atoms with Crippen molar-refractivity contribution in [2.24, 2.45) is 0 Å². The van der Waals surface area contributed by atoms with Crippen LogP contribution in [0.5, 0.6) is 0 Å². The van der Waals surface area contributed by atoms with Gasteiger partial charge in [-0.25, -0.2) is 4.98 Å². The number of aromatic nitrogens is 1. The molecule has 100 valence electrons. The highest BCUT2D eigenvalue weighted by atomic mass is 16.5. The van der Waals surface area contributed by atoms with Gasteiger partial charge in [-0.3, -0.25) is 4.79 Å². The first-order chi connectivity index (χ1) is 8.83. The first-order valence-electron chi connectivity index (χ1n) is 6.63. The van der Waals surface area contributed by atoms with Gasteiger partial charge in [-0.05, 0) is 31.9 Å². The van der Waals surface area contributed by atoms with E-state index in [0.29, 0.717) is 13.0 Å². The molecule has 18 heavy (non-hydrogen) atoms. The van der Waals surface area contributed by atoms with Crippen molar-refractivity contribution >= 4 is 11.8 Å². The summed E-state index contributed by atoms with van der Waals surface area (Å²) in [5.41, 5.74) is 0. The maximum atomic E-state index is 11.1. The number of pyridine rings is 1. The fraction of sp³-hybridized carbons (Fsp3) is 0.571. The van der Waals surface area contributed by atoms with Crippen LogP contribution in [0.15, 0.2) is 24.4 Å². The van der Waals surface area contributed by atoms with Gasteiger partial charge in [-0.2, -0.15) is 0 Å². The minimum atomic E-state index is -0.0795. The molecule has 0 spiro atoms. The van der Waals surface area contributed by atoms with Crippen LogP contribution in [-0.4, -0.2) is 24.1 Å². The summed E-state index contributed by atoms with van der Waals surface area (Å²) in [6, 6.07) is 5.83. The highest BCUT2D eigenvalue weighted by Gasteiger charge is 2.00. The Morgan fingerprint density at radius 1 is 1.28 bits per heavy atom. The van der Waals surface area contributed by atoms with E-state index in [2.05, 4.69) is 10.3 Å². The van der Waals surface area contributed by atoms with E-state index in [-0.39, 0.29) is 5.97 Å². The van der Waals surface area contributed by atoms with E-state index in [1.807, 2.05) is 25.1 Å². The molecule has 1 heterocycles. The minimum Gasteiger partial charge on any atom is -0.466 e. The Bertz CT molecular complexity index is 328. The molecule has 0 atom stereocenters. The van der Waals surface area contributed by atoms with E-state index in [0.717, 1.165) is 38.0 Å². The van der Waals surface area contributed by atoms with Gasteiger partial charge in [-0.15, -0.1) is 0 Å². The summed E-state index contributed by atoms with van der Waals surface area (Å²) in [5, 5.41) is 3.26. The standard InChI is InChI=1S/C14H22N2O2/c1-2-18-14(17)10-5-3-4-7-11-15-13-9-6-8-12-16-13/h6,8-9,12H,2-5,7,10-11H2,1H3,(H,15,16). The van der Waals surface area contributed by atoms with Gasteiger partial charge in [0.05, 0.1) is 6.61 Å². The minimum absolute atomic E-state index is 0.0795. The molecule has 4 nitrogen and oxygen atoms in total. The van der Waals surface area contributed by atoms with Crippen LogP contribution < -0.4 is 5.32 Å². The van der Waals surface area contributed by atoms with Crippen LogP contribution in [0.1, 0.15) is 39.0 Å². The molecule has 4 heteroatoms. The summed E-state index contributed by atoms with van der Waals surface area (Å²) in [5.74, 6) is 0.841. The molecule has 0 aromatic carbocycles. The molecule has 0 saturated heterocycles. The molecule has 1 N–H and O–H groups in total. The lowest BCUT2D eigenvalue weighted by Crippen LogP contribution is -2.04. The third-order valence-corrected chi connectivity index (χ3v) is 2.58. The number of esters is 1. The molecule has 0 unspecified atom stereocenters. The van der Waals surface area contributed by atoms with Crippen molar-refractivity contribution in [1.82, 2.24) is 4.98 Å². The maximum Gasteiger partial charge on any atom is 0.305 e. The summed E-state index contributed by atoms with van der Waals surface area (Å²) in [7, 11) is 0. The van der Waals surface area contributed by atoms with Crippen molar-refractivity contribution in [2.45, 2.75) is 39.0 Å². The van der Waals surface area contributed by atoms with Crippen molar-refractivity contribution in [3.63, 3.8) is 0 Å². The van der Waals surface area contributed by atoms with Crippen LogP contribution in [0, 0.1) is 0 Å².